The van der Waals surface area contributed by atoms with Crippen LogP contribution in [0.5, 0.6) is 0 Å². The van der Waals surface area contributed by atoms with Crippen LogP contribution in [0.1, 0.15) is 25.3 Å². The first kappa shape index (κ1) is 10.1. The van der Waals surface area contributed by atoms with Crippen molar-refractivity contribution in [3.63, 3.8) is 0 Å². The van der Waals surface area contributed by atoms with E-state index < -0.39 is 0 Å². The summed E-state index contributed by atoms with van der Waals surface area (Å²) in [5.41, 5.74) is 6.33. The minimum absolute atomic E-state index is 0.107. The average molecular weight is 183 g/mol. The molecule has 1 aromatic heterocycles. The summed E-state index contributed by atoms with van der Waals surface area (Å²) in [6, 6.07) is 0. The van der Waals surface area contributed by atoms with E-state index in [1.165, 1.54) is 0 Å². The van der Waals surface area contributed by atoms with E-state index in [-0.39, 0.29) is 5.56 Å². The summed E-state index contributed by atoms with van der Waals surface area (Å²) < 4.78 is 1.64. The number of aromatic nitrogens is 2. The molecular weight excluding hydrogens is 166 g/mol. The van der Waals surface area contributed by atoms with Gasteiger partial charge in [-0.2, -0.15) is 0 Å². The molecule has 4 heteroatoms. The van der Waals surface area contributed by atoms with Crippen molar-refractivity contribution in [1.82, 2.24) is 9.78 Å². The molecule has 3 N–H and O–H groups in total. The number of hydrogen-bond acceptors (Lipinski definition) is 2. The van der Waals surface area contributed by atoms with Crippen LogP contribution in [0.3, 0.4) is 0 Å². The summed E-state index contributed by atoms with van der Waals surface area (Å²) >= 11 is 0. The second kappa shape index (κ2) is 4.87. The maximum atomic E-state index is 11.6. The highest BCUT2D eigenvalue weighted by Crippen LogP contribution is 1.94. The number of nitrogens with one attached hydrogen (secondary N) is 1. The van der Waals surface area contributed by atoms with Crippen LogP contribution < -0.4 is 11.3 Å². The van der Waals surface area contributed by atoms with Gasteiger partial charge in [-0.1, -0.05) is 6.92 Å². The Labute approximate surface area is 77.7 Å². The quantitative estimate of drug-likeness (QED) is 0.697. The van der Waals surface area contributed by atoms with Crippen molar-refractivity contribution in [3.8, 4) is 0 Å². The Morgan fingerprint density at radius 1 is 1.62 bits per heavy atom. The van der Waals surface area contributed by atoms with Crippen LogP contribution in [0.4, 0.5) is 0 Å². The molecule has 0 amide bonds. The number of nitrogens with two attached hydrogens (primary N) is 1. The number of aromatic amines is 1. The lowest BCUT2D eigenvalue weighted by atomic mass is 10.2. The summed E-state index contributed by atoms with van der Waals surface area (Å²) in [4.78, 5) is 11.6. The second-order valence-corrected chi connectivity index (χ2v) is 3.15. The monoisotopic (exact) mass is 183 g/mol. The smallest absolute Gasteiger partial charge is 0.269 e. The van der Waals surface area contributed by atoms with Gasteiger partial charge in [-0.15, -0.1) is 0 Å². The molecule has 0 aliphatic carbocycles. The van der Waals surface area contributed by atoms with E-state index in [2.05, 4.69) is 5.10 Å². The number of H-pyrrole nitrogens is 1. The van der Waals surface area contributed by atoms with Crippen LogP contribution in [-0.4, -0.2) is 16.3 Å². The molecule has 0 spiro atoms. The van der Waals surface area contributed by atoms with E-state index in [9.17, 15) is 4.79 Å². The first-order valence-electron chi connectivity index (χ1n) is 4.76. The molecule has 0 bridgehead atoms. The Bertz CT molecular complexity index is 300. The van der Waals surface area contributed by atoms with E-state index in [0.717, 1.165) is 31.4 Å². The molecule has 4 nitrogen and oxygen atoms in total. The summed E-state index contributed by atoms with van der Waals surface area (Å²) in [5.74, 6) is 0. The molecular formula is C9H17N3O. The van der Waals surface area contributed by atoms with E-state index in [1.807, 2.05) is 6.92 Å². The molecule has 0 radical (unpaired) electrons. The molecule has 1 rings (SSSR count). The topological polar surface area (TPSA) is 63.8 Å². The van der Waals surface area contributed by atoms with E-state index in [0.29, 0.717) is 6.54 Å². The highest BCUT2D eigenvalue weighted by atomic mass is 16.1. The fraction of sp³-hybridized carbons (Fsp3) is 0.667. The third kappa shape index (κ3) is 2.45. The lowest BCUT2D eigenvalue weighted by Gasteiger charge is -1.95. The molecule has 1 aromatic rings. The van der Waals surface area contributed by atoms with Crippen molar-refractivity contribution in [2.75, 3.05) is 6.54 Å². The lowest BCUT2D eigenvalue weighted by molar-refractivity contribution is 0.584. The Balaban J connectivity index is 2.69. The number of nitrogens with zero attached hydrogens (tertiary/aromatic N) is 1. The Hall–Kier alpha value is -1.03. The zero-order chi connectivity index (χ0) is 9.68. The average Bonchev–Trinajstić information content (AvgIpc) is 2.46. The Kier molecular flexibility index (Phi) is 3.76. The SMILES string of the molecule is CCCn1[nH]cc(CCCN)c1=O. The molecule has 74 valence electrons. The van der Waals surface area contributed by atoms with Gasteiger partial charge >= 0.3 is 0 Å². The second-order valence-electron chi connectivity index (χ2n) is 3.15. The van der Waals surface area contributed by atoms with Gasteiger partial charge in [0.15, 0.2) is 0 Å². The molecule has 0 fully saturated rings. The molecule has 0 aliphatic heterocycles. The first-order chi connectivity index (χ1) is 6.29. The largest absolute Gasteiger partial charge is 0.330 e. The predicted octanol–water partition coefficient (Wildman–Crippen LogP) is 0.478. The maximum absolute atomic E-state index is 11.6. The molecule has 0 aliphatic rings. The van der Waals surface area contributed by atoms with Crippen molar-refractivity contribution in [2.45, 2.75) is 32.7 Å². The molecule has 0 atom stereocenters. The van der Waals surface area contributed by atoms with Crippen molar-refractivity contribution in [1.29, 1.82) is 0 Å². The summed E-state index contributed by atoms with van der Waals surface area (Å²) in [6.45, 7) is 3.45. The highest BCUT2D eigenvalue weighted by Gasteiger charge is 2.03. The minimum Gasteiger partial charge on any atom is -0.330 e. The van der Waals surface area contributed by atoms with Gasteiger partial charge in [-0.05, 0) is 25.8 Å². The van der Waals surface area contributed by atoms with Crippen LogP contribution in [0.2, 0.25) is 0 Å². The van der Waals surface area contributed by atoms with Crippen molar-refractivity contribution in [3.05, 3.63) is 22.1 Å². The number of rotatable bonds is 5. The maximum Gasteiger partial charge on any atom is 0.269 e. The molecule has 0 saturated carbocycles. The molecule has 13 heavy (non-hydrogen) atoms. The fourth-order valence-electron chi connectivity index (χ4n) is 1.31. The van der Waals surface area contributed by atoms with Crippen LogP contribution >= 0.6 is 0 Å². The normalized spacial score (nSPS) is 10.6. The highest BCUT2D eigenvalue weighted by molar-refractivity contribution is 5.04. The lowest BCUT2D eigenvalue weighted by Crippen LogP contribution is -2.19. The van der Waals surface area contributed by atoms with E-state index in [4.69, 9.17) is 5.73 Å². The van der Waals surface area contributed by atoms with Gasteiger partial charge in [-0.3, -0.25) is 9.48 Å². The zero-order valence-electron chi connectivity index (χ0n) is 8.05. The van der Waals surface area contributed by atoms with Gasteiger partial charge in [0, 0.05) is 18.3 Å². The van der Waals surface area contributed by atoms with Crippen LogP contribution in [0, 0.1) is 0 Å². The standard InChI is InChI=1S/C9H17N3O/c1-2-6-12-9(13)8(7-11-12)4-3-5-10/h7,11H,2-6,10H2,1H3. The fourth-order valence-corrected chi connectivity index (χ4v) is 1.31. The van der Waals surface area contributed by atoms with Crippen molar-refractivity contribution >= 4 is 0 Å². The first-order valence-corrected chi connectivity index (χ1v) is 4.76. The van der Waals surface area contributed by atoms with Gasteiger partial charge < -0.3 is 10.8 Å². The minimum atomic E-state index is 0.107. The van der Waals surface area contributed by atoms with Crippen LogP contribution in [0.25, 0.3) is 0 Å². The summed E-state index contributed by atoms with van der Waals surface area (Å²) in [6.07, 6.45) is 4.41. The third-order valence-corrected chi connectivity index (χ3v) is 2.01. The van der Waals surface area contributed by atoms with Crippen LogP contribution in [-0.2, 0) is 13.0 Å². The molecule has 0 aromatic carbocycles. The van der Waals surface area contributed by atoms with E-state index in [1.54, 1.807) is 10.9 Å². The number of hydrogen-bond donors (Lipinski definition) is 2. The molecule has 0 saturated heterocycles. The van der Waals surface area contributed by atoms with Gasteiger partial charge in [-0.25, -0.2) is 0 Å². The van der Waals surface area contributed by atoms with Crippen molar-refractivity contribution < 1.29 is 0 Å². The summed E-state index contributed by atoms with van der Waals surface area (Å²) in [5, 5.41) is 2.95. The summed E-state index contributed by atoms with van der Waals surface area (Å²) in [7, 11) is 0. The van der Waals surface area contributed by atoms with Gasteiger partial charge in [0.25, 0.3) is 5.56 Å². The zero-order valence-corrected chi connectivity index (χ0v) is 8.05. The van der Waals surface area contributed by atoms with E-state index >= 15 is 0 Å². The van der Waals surface area contributed by atoms with Crippen molar-refractivity contribution in [2.24, 2.45) is 5.73 Å². The Morgan fingerprint density at radius 2 is 2.38 bits per heavy atom. The Morgan fingerprint density at radius 3 is 3.00 bits per heavy atom. The van der Waals surface area contributed by atoms with Gasteiger partial charge in [0.05, 0.1) is 0 Å². The predicted molar refractivity (Wildman–Crippen MR) is 52.7 cm³/mol. The van der Waals surface area contributed by atoms with Gasteiger partial charge in [0.1, 0.15) is 0 Å². The molecule has 1 heterocycles. The third-order valence-electron chi connectivity index (χ3n) is 2.01. The number of aryl methyl sites for hydroxylation is 2. The van der Waals surface area contributed by atoms with Gasteiger partial charge in [0.2, 0.25) is 0 Å². The van der Waals surface area contributed by atoms with Crippen LogP contribution in [0.15, 0.2) is 11.0 Å². The molecule has 0 unspecified atom stereocenters.